The largest absolute Gasteiger partial charge is 0.465 e. The Hall–Kier alpha value is -0.250. The van der Waals surface area contributed by atoms with Gasteiger partial charge in [-0.25, -0.2) is 0 Å². The van der Waals surface area contributed by atoms with Crippen molar-refractivity contribution in [3.8, 4) is 0 Å². The van der Waals surface area contributed by atoms with Gasteiger partial charge in [0.25, 0.3) is 0 Å². The van der Waals surface area contributed by atoms with Crippen LogP contribution in [0.2, 0.25) is 10.0 Å². The molecule has 1 aromatic carbocycles. The van der Waals surface area contributed by atoms with Crippen molar-refractivity contribution in [2.45, 2.75) is 11.8 Å². The predicted molar refractivity (Wildman–Crippen MR) is 64.8 cm³/mol. The molecule has 0 aliphatic carbocycles. The highest BCUT2D eigenvalue weighted by molar-refractivity contribution is 9.09. The van der Waals surface area contributed by atoms with Crippen LogP contribution in [0.15, 0.2) is 18.2 Å². The molecule has 0 aliphatic rings. The van der Waals surface area contributed by atoms with Crippen LogP contribution in [0.25, 0.3) is 0 Å². The van der Waals surface area contributed by atoms with Crippen molar-refractivity contribution in [2.24, 2.45) is 0 Å². The van der Waals surface area contributed by atoms with Crippen LogP contribution in [0.3, 0.4) is 0 Å². The Morgan fingerprint density at radius 2 is 2.13 bits per heavy atom. The lowest BCUT2D eigenvalue weighted by Crippen LogP contribution is -2.10. The Morgan fingerprint density at radius 1 is 1.47 bits per heavy atom. The van der Waals surface area contributed by atoms with Crippen molar-refractivity contribution < 1.29 is 9.53 Å². The smallest absolute Gasteiger partial charge is 0.324 e. The standard InChI is InChI=1S/C10H9BrCl2O2/c1-2-15-10(14)9(11)6-3-4-7(12)8(13)5-6/h3-5,9H,2H2,1H3/t9-/m1/s1. The van der Waals surface area contributed by atoms with Gasteiger partial charge in [-0.15, -0.1) is 0 Å². The number of alkyl halides is 1. The maximum atomic E-state index is 11.4. The number of carbonyl (C=O) groups is 1. The lowest BCUT2D eigenvalue weighted by Gasteiger charge is -2.09. The van der Waals surface area contributed by atoms with E-state index in [1.165, 1.54) is 0 Å². The van der Waals surface area contributed by atoms with E-state index in [0.717, 1.165) is 5.56 Å². The number of rotatable bonds is 3. The first-order valence-electron chi connectivity index (χ1n) is 4.32. The second-order valence-corrected chi connectivity index (χ2v) is 4.52. The van der Waals surface area contributed by atoms with E-state index >= 15 is 0 Å². The molecule has 0 fully saturated rings. The minimum atomic E-state index is -0.507. The van der Waals surface area contributed by atoms with E-state index in [-0.39, 0.29) is 5.97 Å². The monoisotopic (exact) mass is 310 g/mol. The summed E-state index contributed by atoms with van der Waals surface area (Å²) in [5.74, 6) is -0.337. The van der Waals surface area contributed by atoms with E-state index in [1.807, 2.05) is 0 Å². The Bertz CT molecular complexity index is 368. The molecule has 0 amide bonds. The third-order valence-corrected chi connectivity index (χ3v) is 3.37. The average Bonchev–Trinajstić information content (AvgIpc) is 2.21. The molecule has 82 valence electrons. The number of halogens is 3. The van der Waals surface area contributed by atoms with Gasteiger partial charge in [0.1, 0.15) is 4.83 Å². The Kier molecular flexibility index (Phi) is 4.90. The van der Waals surface area contributed by atoms with Crippen LogP contribution >= 0.6 is 39.1 Å². The molecular weight excluding hydrogens is 303 g/mol. The Morgan fingerprint density at radius 3 is 2.67 bits per heavy atom. The minimum absolute atomic E-state index is 0.337. The molecule has 0 aromatic heterocycles. The van der Waals surface area contributed by atoms with Crippen LogP contribution in [0.1, 0.15) is 17.3 Å². The summed E-state index contributed by atoms with van der Waals surface area (Å²) in [6.45, 7) is 2.11. The molecule has 0 N–H and O–H groups in total. The highest BCUT2D eigenvalue weighted by Gasteiger charge is 2.18. The number of carbonyl (C=O) groups excluding carboxylic acids is 1. The van der Waals surface area contributed by atoms with Crippen molar-refractivity contribution in [1.29, 1.82) is 0 Å². The number of ether oxygens (including phenoxy) is 1. The molecule has 5 heteroatoms. The number of hydrogen-bond donors (Lipinski definition) is 0. The maximum Gasteiger partial charge on any atom is 0.324 e. The second kappa shape index (κ2) is 5.73. The zero-order chi connectivity index (χ0) is 11.4. The maximum absolute atomic E-state index is 11.4. The van der Waals surface area contributed by atoms with Gasteiger partial charge in [-0.2, -0.15) is 0 Å². The van der Waals surface area contributed by atoms with Crippen LogP contribution in [0, 0.1) is 0 Å². The summed E-state index contributed by atoms with van der Waals surface area (Å²) in [5.41, 5.74) is 0.725. The van der Waals surface area contributed by atoms with Gasteiger partial charge >= 0.3 is 5.97 Å². The fourth-order valence-electron chi connectivity index (χ4n) is 1.02. The van der Waals surface area contributed by atoms with E-state index in [9.17, 15) is 4.79 Å². The summed E-state index contributed by atoms with van der Waals surface area (Å²) in [4.78, 5) is 10.9. The molecular formula is C10H9BrCl2O2. The first kappa shape index (κ1) is 12.8. The Balaban J connectivity index is 2.86. The molecule has 0 radical (unpaired) electrons. The molecule has 1 rings (SSSR count). The van der Waals surface area contributed by atoms with Gasteiger partial charge in [0.2, 0.25) is 0 Å². The Labute approximate surface area is 107 Å². The van der Waals surface area contributed by atoms with Gasteiger partial charge in [0.05, 0.1) is 16.7 Å². The topological polar surface area (TPSA) is 26.3 Å². The SMILES string of the molecule is CCOC(=O)[C@H](Br)c1ccc(Cl)c(Cl)c1. The predicted octanol–water partition coefficient (Wildman–Crippen LogP) is 3.99. The van der Waals surface area contributed by atoms with Crippen molar-refractivity contribution >= 4 is 45.1 Å². The molecule has 1 aromatic rings. The van der Waals surface area contributed by atoms with E-state index in [0.29, 0.717) is 16.7 Å². The third-order valence-electron chi connectivity index (χ3n) is 1.73. The van der Waals surface area contributed by atoms with Gasteiger partial charge < -0.3 is 4.74 Å². The zero-order valence-corrected chi connectivity index (χ0v) is 11.1. The van der Waals surface area contributed by atoms with Crippen molar-refractivity contribution in [2.75, 3.05) is 6.61 Å². The van der Waals surface area contributed by atoms with Gasteiger partial charge in [0.15, 0.2) is 0 Å². The lowest BCUT2D eigenvalue weighted by atomic mass is 10.1. The van der Waals surface area contributed by atoms with Crippen LogP contribution in [0.4, 0.5) is 0 Å². The van der Waals surface area contributed by atoms with Gasteiger partial charge in [0, 0.05) is 0 Å². The van der Waals surface area contributed by atoms with E-state index < -0.39 is 4.83 Å². The van der Waals surface area contributed by atoms with E-state index in [2.05, 4.69) is 15.9 Å². The first-order chi connectivity index (χ1) is 7.06. The fourth-order valence-corrected chi connectivity index (χ4v) is 1.75. The number of hydrogen-bond acceptors (Lipinski definition) is 2. The first-order valence-corrected chi connectivity index (χ1v) is 5.99. The summed E-state index contributed by atoms with van der Waals surface area (Å²) >= 11 is 14.8. The molecule has 0 unspecified atom stereocenters. The zero-order valence-electron chi connectivity index (χ0n) is 7.97. The van der Waals surface area contributed by atoms with E-state index in [4.69, 9.17) is 27.9 Å². The number of esters is 1. The highest BCUT2D eigenvalue weighted by atomic mass is 79.9. The normalized spacial score (nSPS) is 12.3. The minimum Gasteiger partial charge on any atom is -0.465 e. The molecule has 0 saturated heterocycles. The van der Waals surface area contributed by atoms with Gasteiger partial charge in [-0.1, -0.05) is 45.2 Å². The van der Waals surface area contributed by atoms with Gasteiger partial charge in [-0.05, 0) is 24.6 Å². The molecule has 0 aliphatic heterocycles. The lowest BCUT2D eigenvalue weighted by molar-refractivity contribution is -0.142. The van der Waals surface area contributed by atoms with Crippen LogP contribution in [-0.2, 0) is 9.53 Å². The van der Waals surface area contributed by atoms with Crippen molar-refractivity contribution in [3.05, 3.63) is 33.8 Å². The molecule has 0 heterocycles. The van der Waals surface area contributed by atoms with Crippen LogP contribution < -0.4 is 0 Å². The summed E-state index contributed by atoms with van der Waals surface area (Å²) in [5, 5.41) is 0.881. The quantitative estimate of drug-likeness (QED) is 0.623. The molecule has 1 atom stereocenters. The average molecular weight is 312 g/mol. The molecule has 0 saturated carbocycles. The molecule has 15 heavy (non-hydrogen) atoms. The van der Waals surface area contributed by atoms with Crippen molar-refractivity contribution in [3.63, 3.8) is 0 Å². The van der Waals surface area contributed by atoms with Gasteiger partial charge in [-0.3, -0.25) is 4.79 Å². The van der Waals surface area contributed by atoms with Crippen molar-refractivity contribution in [1.82, 2.24) is 0 Å². The molecule has 0 bridgehead atoms. The number of benzene rings is 1. The van der Waals surface area contributed by atoms with Crippen LogP contribution in [-0.4, -0.2) is 12.6 Å². The molecule has 0 spiro atoms. The third kappa shape index (κ3) is 3.37. The molecule has 2 nitrogen and oxygen atoms in total. The summed E-state index contributed by atoms with van der Waals surface area (Å²) < 4.78 is 4.87. The van der Waals surface area contributed by atoms with Crippen LogP contribution in [0.5, 0.6) is 0 Å². The summed E-state index contributed by atoms with van der Waals surface area (Å²) in [6.07, 6.45) is 0. The second-order valence-electron chi connectivity index (χ2n) is 2.79. The van der Waals surface area contributed by atoms with E-state index in [1.54, 1.807) is 25.1 Å². The summed E-state index contributed by atoms with van der Waals surface area (Å²) in [7, 11) is 0. The highest BCUT2D eigenvalue weighted by Crippen LogP contribution is 2.30. The fraction of sp³-hybridized carbons (Fsp3) is 0.300. The summed E-state index contributed by atoms with van der Waals surface area (Å²) in [6, 6.07) is 5.01.